The quantitative estimate of drug-likeness (QED) is 0.820. The second-order valence-electron chi connectivity index (χ2n) is 5.94. The lowest BCUT2D eigenvalue weighted by molar-refractivity contribution is -0.0146. The van der Waals surface area contributed by atoms with Crippen LogP contribution in [0.25, 0.3) is 0 Å². The molecule has 1 aliphatic heterocycles. The highest BCUT2D eigenvalue weighted by Crippen LogP contribution is 2.31. The lowest BCUT2D eigenvalue weighted by Crippen LogP contribution is -2.53. The molecule has 1 saturated carbocycles. The van der Waals surface area contributed by atoms with Crippen LogP contribution >= 0.6 is 0 Å². The van der Waals surface area contributed by atoms with Gasteiger partial charge in [-0.1, -0.05) is 19.8 Å². The van der Waals surface area contributed by atoms with E-state index in [2.05, 4.69) is 11.8 Å². The molecule has 3 nitrogen and oxygen atoms in total. The summed E-state index contributed by atoms with van der Waals surface area (Å²) < 4.78 is 5.50. The molecule has 0 aromatic rings. The van der Waals surface area contributed by atoms with Gasteiger partial charge >= 0.3 is 0 Å². The van der Waals surface area contributed by atoms with Crippen LogP contribution in [0.15, 0.2) is 0 Å². The zero-order chi connectivity index (χ0) is 12.3. The van der Waals surface area contributed by atoms with Crippen LogP contribution in [0.5, 0.6) is 0 Å². The van der Waals surface area contributed by atoms with Crippen LogP contribution in [-0.2, 0) is 4.74 Å². The molecular weight excluding hydrogens is 212 g/mol. The van der Waals surface area contributed by atoms with E-state index in [1.165, 1.54) is 38.6 Å². The average molecular weight is 240 g/mol. The molecule has 100 valence electrons. The molecule has 0 spiro atoms. The molecule has 2 fully saturated rings. The summed E-state index contributed by atoms with van der Waals surface area (Å²) in [6, 6.07) is 1.33. The van der Waals surface area contributed by atoms with Crippen molar-refractivity contribution in [2.45, 2.75) is 63.6 Å². The lowest BCUT2D eigenvalue weighted by atomic mass is 9.84. The minimum atomic E-state index is 0.431. The van der Waals surface area contributed by atoms with Gasteiger partial charge in [0.1, 0.15) is 0 Å². The Morgan fingerprint density at radius 2 is 2.06 bits per heavy atom. The van der Waals surface area contributed by atoms with Gasteiger partial charge < -0.3 is 10.5 Å². The second-order valence-corrected chi connectivity index (χ2v) is 5.94. The topological polar surface area (TPSA) is 38.5 Å². The van der Waals surface area contributed by atoms with Gasteiger partial charge in [0.2, 0.25) is 0 Å². The third kappa shape index (κ3) is 3.21. The number of ether oxygens (including phenoxy) is 1. The van der Waals surface area contributed by atoms with E-state index in [4.69, 9.17) is 10.5 Å². The summed E-state index contributed by atoms with van der Waals surface area (Å²) in [5.41, 5.74) is 5.95. The molecule has 2 N–H and O–H groups in total. The molecule has 3 heteroatoms. The van der Waals surface area contributed by atoms with Crippen LogP contribution in [-0.4, -0.2) is 43.3 Å². The average Bonchev–Trinajstić information content (AvgIpc) is 2.38. The van der Waals surface area contributed by atoms with Crippen LogP contribution in [0.2, 0.25) is 0 Å². The van der Waals surface area contributed by atoms with Crippen molar-refractivity contribution in [2.75, 3.05) is 20.2 Å². The van der Waals surface area contributed by atoms with Gasteiger partial charge in [0.15, 0.2) is 0 Å². The van der Waals surface area contributed by atoms with Gasteiger partial charge in [0.05, 0.1) is 6.10 Å². The highest BCUT2D eigenvalue weighted by atomic mass is 16.5. The third-order valence-electron chi connectivity index (χ3n) is 4.70. The van der Waals surface area contributed by atoms with Crippen molar-refractivity contribution in [3.8, 4) is 0 Å². The largest absolute Gasteiger partial charge is 0.381 e. The SMILES string of the molecule is COC1CCN(C2CCCC(C)C2)C(CN)C1. The first-order valence-corrected chi connectivity index (χ1v) is 7.23. The monoisotopic (exact) mass is 240 g/mol. The fourth-order valence-electron chi connectivity index (χ4n) is 3.66. The van der Waals surface area contributed by atoms with Crippen molar-refractivity contribution in [2.24, 2.45) is 11.7 Å². The summed E-state index contributed by atoms with van der Waals surface area (Å²) in [5, 5.41) is 0. The third-order valence-corrected chi connectivity index (χ3v) is 4.70. The van der Waals surface area contributed by atoms with Crippen molar-refractivity contribution in [3.05, 3.63) is 0 Å². The summed E-state index contributed by atoms with van der Waals surface area (Å²) in [6.07, 6.45) is 8.29. The molecule has 0 radical (unpaired) electrons. The normalized spacial score (nSPS) is 40.4. The van der Waals surface area contributed by atoms with Crippen LogP contribution < -0.4 is 5.73 Å². The van der Waals surface area contributed by atoms with Crippen molar-refractivity contribution in [1.82, 2.24) is 4.90 Å². The van der Waals surface area contributed by atoms with Crippen LogP contribution in [0.1, 0.15) is 45.4 Å². The van der Waals surface area contributed by atoms with E-state index in [9.17, 15) is 0 Å². The number of hydrogen-bond donors (Lipinski definition) is 1. The van der Waals surface area contributed by atoms with Gasteiger partial charge in [-0.2, -0.15) is 0 Å². The molecule has 2 aliphatic rings. The summed E-state index contributed by atoms with van der Waals surface area (Å²) in [4.78, 5) is 2.69. The number of likely N-dealkylation sites (tertiary alicyclic amines) is 1. The first-order chi connectivity index (χ1) is 8.24. The fraction of sp³-hybridized carbons (Fsp3) is 1.00. The zero-order valence-corrected chi connectivity index (χ0v) is 11.4. The van der Waals surface area contributed by atoms with Crippen LogP contribution in [0.3, 0.4) is 0 Å². The predicted octanol–water partition coefficient (Wildman–Crippen LogP) is 2.00. The maximum atomic E-state index is 5.95. The number of rotatable bonds is 3. The molecule has 4 atom stereocenters. The molecule has 0 bridgehead atoms. The Kier molecular flexibility index (Phi) is 4.83. The molecule has 4 unspecified atom stereocenters. The maximum Gasteiger partial charge on any atom is 0.0599 e. The molecule has 2 rings (SSSR count). The summed E-state index contributed by atoms with van der Waals surface area (Å²) in [5.74, 6) is 0.896. The Labute approximate surface area is 106 Å². The van der Waals surface area contributed by atoms with Gasteiger partial charge in [-0.05, 0) is 31.6 Å². The fourth-order valence-corrected chi connectivity index (χ4v) is 3.66. The molecular formula is C14H28N2O. The Morgan fingerprint density at radius 1 is 1.24 bits per heavy atom. The first-order valence-electron chi connectivity index (χ1n) is 7.23. The van der Waals surface area contributed by atoms with E-state index in [0.29, 0.717) is 12.1 Å². The molecule has 0 amide bonds. The number of nitrogens with two attached hydrogens (primary N) is 1. The predicted molar refractivity (Wildman–Crippen MR) is 71.0 cm³/mol. The second kappa shape index (κ2) is 6.17. The van der Waals surface area contributed by atoms with Gasteiger partial charge in [-0.25, -0.2) is 0 Å². The van der Waals surface area contributed by atoms with Crippen molar-refractivity contribution in [1.29, 1.82) is 0 Å². The molecule has 17 heavy (non-hydrogen) atoms. The molecule has 1 saturated heterocycles. The summed E-state index contributed by atoms with van der Waals surface area (Å²) >= 11 is 0. The smallest absolute Gasteiger partial charge is 0.0599 e. The summed E-state index contributed by atoms with van der Waals surface area (Å²) in [7, 11) is 1.83. The maximum absolute atomic E-state index is 5.95. The molecule has 0 aromatic carbocycles. The minimum Gasteiger partial charge on any atom is -0.381 e. The Balaban J connectivity index is 1.94. The van der Waals surface area contributed by atoms with E-state index in [0.717, 1.165) is 24.9 Å². The van der Waals surface area contributed by atoms with E-state index >= 15 is 0 Å². The first kappa shape index (κ1) is 13.3. The van der Waals surface area contributed by atoms with Crippen LogP contribution in [0, 0.1) is 5.92 Å². The number of nitrogens with zero attached hydrogens (tertiary/aromatic N) is 1. The van der Waals surface area contributed by atoms with Crippen LogP contribution in [0.4, 0.5) is 0 Å². The Morgan fingerprint density at radius 3 is 2.71 bits per heavy atom. The van der Waals surface area contributed by atoms with Crippen molar-refractivity contribution < 1.29 is 4.74 Å². The zero-order valence-electron chi connectivity index (χ0n) is 11.4. The lowest BCUT2D eigenvalue weighted by Gasteiger charge is -2.45. The standard InChI is InChI=1S/C14H28N2O/c1-11-4-3-5-12(8-11)16-7-6-14(17-2)9-13(16)10-15/h11-14H,3-10,15H2,1-2H3. The van der Waals surface area contributed by atoms with E-state index in [1.807, 2.05) is 7.11 Å². The summed E-state index contributed by atoms with van der Waals surface area (Å²) in [6.45, 7) is 4.36. The highest BCUT2D eigenvalue weighted by molar-refractivity contribution is 4.89. The van der Waals surface area contributed by atoms with Crippen molar-refractivity contribution in [3.63, 3.8) is 0 Å². The molecule has 1 heterocycles. The van der Waals surface area contributed by atoms with Crippen molar-refractivity contribution >= 4 is 0 Å². The Hall–Kier alpha value is -0.120. The number of hydrogen-bond acceptors (Lipinski definition) is 3. The van der Waals surface area contributed by atoms with E-state index < -0.39 is 0 Å². The number of piperidine rings is 1. The van der Waals surface area contributed by atoms with Gasteiger partial charge in [-0.3, -0.25) is 4.90 Å². The molecule has 1 aliphatic carbocycles. The van der Waals surface area contributed by atoms with Gasteiger partial charge in [0, 0.05) is 32.3 Å². The Bertz CT molecular complexity index is 234. The highest BCUT2D eigenvalue weighted by Gasteiger charge is 2.33. The van der Waals surface area contributed by atoms with Gasteiger partial charge in [0.25, 0.3) is 0 Å². The van der Waals surface area contributed by atoms with Gasteiger partial charge in [-0.15, -0.1) is 0 Å². The van der Waals surface area contributed by atoms with E-state index in [-0.39, 0.29) is 0 Å². The number of methoxy groups -OCH3 is 1. The minimum absolute atomic E-state index is 0.431. The van der Waals surface area contributed by atoms with E-state index in [1.54, 1.807) is 0 Å². The molecule has 0 aromatic heterocycles.